The largest absolute Gasteiger partial charge is 0.481 e. The molecule has 0 bridgehead atoms. The molecular formula is C27H33FN2O3. The van der Waals surface area contributed by atoms with Gasteiger partial charge in [-0.3, -0.25) is 9.59 Å². The van der Waals surface area contributed by atoms with Crippen molar-refractivity contribution in [2.24, 2.45) is 11.3 Å². The average Bonchev–Trinajstić information content (AvgIpc) is 3.60. The number of hydrogen-bond acceptors (Lipinski definition) is 3. The number of carbonyl (C=O) groups is 2. The van der Waals surface area contributed by atoms with Crippen molar-refractivity contribution in [1.29, 1.82) is 0 Å². The van der Waals surface area contributed by atoms with E-state index in [4.69, 9.17) is 4.74 Å². The molecule has 176 valence electrons. The molecule has 33 heavy (non-hydrogen) atoms. The molecular weight excluding hydrogens is 419 g/mol. The molecule has 1 saturated carbocycles. The van der Waals surface area contributed by atoms with Crippen LogP contribution in [0, 0.1) is 17.2 Å². The third-order valence-electron chi connectivity index (χ3n) is 6.36. The first-order chi connectivity index (χ1) is 15.6. The second-order valence-corrected chi connectivity index (χ2v) is 10.3. The van der Waals surface area contributed by atoms with Crippen molar-refractivity contribution in [3.8, 4) is 5.75 Å². The molecule has 0 aromatic heterocycles. The van der Waals surface area contributed by atoms with Crippen LogP contribution in [-0.2, 0) is 16.0 Å². The van der Waals surface area contributed by atoms with Crippen molar-refractivity contribution < 1.29 is 18.7 Å². The van der Waals surface area contributed by atoms with Gasteiger partial charge in [-0.2, -0.15) is 0 Å². The van der Waals surface area contributed by atoms with E-state index in [2.05, 4.69) is 5.32 Å². The van der Waals surface area contributed by atoms with Crippen LogP contribution < -0.4 is 10.1 Å². The van der Waals surface area contributed by atoms with Gasteiger partial charge in [-0.1, -0.05) is 39.0 Å². The predicted octanol–water partition coefficient (Wildman–Crippen LogP) is 4.64. The van der Waals surface area contributed by atoms with Gasteiger partial charge in [-0.15, -0.1) is 0 Å². The number of hydrogen-bond donors (Lipinski definition) is 1. The summed E-state index contributed by atoms with van der Waals surface area (Å²) in [6.45, 7) is 8.69. The van der Waals surface area contributed by atoms with Gasteiger partial charge in [-0.05, 0) is 73.1 Å². The Morgan fingerprint density at radius 3 is 2.61 bits per heavy atom. The van der Waals surface area contributed by atoms with Gasteiger partial charge < -0.3 is 15.0 Å². The fraction of sp³-hybridized carbons (Fsp3) is 0.481. The summed E-state index contributed by atoms with van der Waals surface area (Å²) in [6.07, 6.45) is 2.42. The number of halogens is 1. The lowest BCUT2D eigenvalue weighted by Crippen LogP contribution is -2.45. The zero-order chi connectivity index (χ0) is 23.8. The van der Waals surface area contributed by atoms with Gasteiger partial charge >= 0.3 is 0 Å². The molecule has 6 heteroatoms. The van der Waals surface area contributed by atoms with Gasteiger partial charge in [0.2, 0.25) is 5.91 Å². The second kappa shape index (κ2) is 9.16. The molecule has 1 aliphatic heterocycles. The molecule has 2 aromatic rings. The molecule has 2 amide bonds. The minimum absolute atomic E-state index is 0.0153. The summed E-state index contributed by atoms with van der Waals surface area (Å²) in [5.41, 5.74) is 2.17. The number of benzene rings is 2. The monoisotopic (exact) mass is 452 g/mol. The molecule has 0 saturated heterocycles. The standard InChI is InChI=1S/C27H33FN2O3/c1-17(25(31)29-16-18-8-9-18)33-22-11-10-19-12-13-30(26(32)27(2,3)4)24(23(19)15-22)20-6-5-7-21(28)14-20/h5-7,10-11,14-15,17-18,24H,8-9,12-13,16H2,1-4H3,(H,29,31)/t17-,24+/m0/s1. The van der Waals surface area contributed by atoms with Crippen LogP contribution in [0.2, 0.25) is 0 Å². The van der Waals surface area contributed by atoms with Crippen LogP contribution in [0.3, 0.4) is 0 Å². The molecule has 1 N–H and O–H groups in total. The summed E-state index contributed by atoms with van der Waals surface area (Å²) in [5, 5.41) is 2.95. The Morgan fingerprint density at radius 1 is 1.18 bits per heavy atom. The summed E-state index contributed by atoms with van der Waals surface area (Å²) >= 11 is 0. The number of amides is 2. The van der Waals surface area contributed by atoms with Crippen LogP contribution in [0.15, 0.2) is 42.5 Å². The minimum Gasteiger partial charge on any atom is -0.481 e. The van der Waals surface area contributed by atoms with Crippen molar-refractivity contribution in [3.63, 3.8) is 0 Å². The number of carbonyl (C=O) groups excluding carboxylic acids is 2. The van der Waals surface area contributed by atoms with Crippen LogP contribution in [0.25, 0.3) is 0 Å². The van der Waals surface area contributed by atoms with Gasteiger partial charge in [0.25, 0.3) is 5.91 Å². The lowest BCUT2D eigenvalue weighted by Gasteiger charge is -2.41. The maximum atomic E-state index is 14.2. The van der Waals surface area contributed by atoms with Crippen LogP contribution >= 0.6 is 0 Å². The van der Waals surface area contributed by atoms with E-state index in [0.717, 1.165) is 16.7 Å². The molecule has 5 nitrogen and oxygen atoms in total. The summed E-state index contributed by atoms with van der Waals surface area (Å²) in [5.74, 6) is 0.709. The number of nitrogens with one attached hydrogen (secondary N) is 1. The summed E-state index contributed by atoms with van der Waals surface area (Å²) in [7, 11) is 0. The molecule has 0 spiro atoms. The van der Waals surface area contributed by atoms with E-state index in [-0.39, 0.29) is 17.6 Å². The molecule has 1 heterocycles. The van der Waals surface area contributed by atoms with Gasteiger partial charge in [0.15, 0.2) is 6.10 Å². The fourth-order valence-corrected chi connectivity index (χ4v) is 4.32. The van der Waals surface area contributed by atoms with Gasteiger partial charge in [0.05, 0.1) is 6.04 Å². The number of nitrogens with zero attached hydrogens (tertiary/aromatic N) is 1. The Bertz CT molecular complexity index is 1040. The third kappa shape index (κ3) is 5.37. The Morgan fingerprint density at radius 2 is 1.94 bits per heavy atom. The Balaban J connectivity index is 1.64. The third-order valence-corrected chi connectivity index (χ3v) is 6.36. The first-order valence-corrected chi connectivity index (χ1v) is 11.8. The Kier molecular flexibility index (Phi) is 6.46. The number of ether oxygens (including phenoxy) is 1. The van der Waals surface area contributed by atoms with E-state index in [1.54, 1.807) is 13.0 Å². The van der Waals surface area contributed by atoms with Gasteiger partial charge in [0.1, 0.15) is 11.6 Å². The lowest BCUT2D eigenvalue weighted by molar-refractivity contribution is -0.141. The van der Waals surface area contributed by atoms with Crippen LogP contribution in [0.5, 0.6) is 5.75 Å². The maximum absolute atomic E-state index is 14.2. The molecule has 2 aliphatic rings. The van der Waals surface area contributed by atoms with E-state index >= 15 is 0 Å². The second-order valence-electron chi connectivity index (χ2n) is 10.3. The highest BCUT2D eigenvalue weighted by atomic mass is 19.1. The molecule has 0 unspecified atom stereocenters. The summed E-state index contributed by atoms with van der Waals surface area (Å²) < 4.78 is 20.1. The molecule has 2 atom stereocenters. The Labute approximate surface area is 195 Å². The first-order valence-electron chi connectivity index (χ1n) is 11.8. The highest BCUT2D eigenvalue weighted by Gasteiger charge is 2.37. The van der Waals surface area contributed by atoms with Crippen molar-refractivity contribution in [2.75, 3.05) is 13.1 Å². The first kappa shape index (κ1) is 23.3. The van der Waals surface area contributed by atoms with Gasteiger partial charge in [-0.25, -0.2) is 4.39 Å². The van der Waals surface area contributed by atoms with E-state index in [1.165, 1.54) is 25.0 Å². The smallest absolute Gasteiger partial charge is 0.260 e. The topological polar surface area (TPSA) is 58.6 Å². The highest BCUT2D eigenvalue weighted by molar-refractivity contribution is 5.83. The fourth-order valence-electron chi connectivity index (χ4n) is 4.32. The van der Waals surface area contributed by atoms with Crippen LogP contribution in [-0.4, -0.2) is 35.9 Å². The van der Waals surface area contributed by atoms with Gasteiger partial charge in [0, 0.05) is 18.5 Å². The van der Waals surface area contributed by atoms with Crippen molar-refractivity contribution in [1.82, 2.24) is 10.2 Å². The quantitative estimate of drug-likeness (QED) is 0.695. The highest BCUT2D eigenvalue weighted by Crippen LogP contribution is 2.39. The van der Waals surface area contributed by atoms with Crippen LogP contribution in [0.4, 0.5) is 4.39 Å². The average molecular weight is 453 g/mol. The minimum atomic E-state index is -0.634. The predicted molar refractivity (Wildman–Crippen MR) is 125 cm³/mol. The molecule has 1 aliphatic carbocycles. The van der Waals surface area contributed by atoms with Crippen molar-refractivity contribution in [2.45, 2.75) is 59.1 Å². The summed E-state index contributed by atoms with van der Waals surface area (Å²) in [6, 6.07) is 11.8. The zero-order valence-electron chi connectivity index (χ0n) is 19.9. The Hall–Kier alpha value is -2.89. The van der Waals surface area contributed by atoms with Crippen molar-refractivity contribution in [3.05, 3.63) is 65.0 Å². The van der Waals surface area contributed by atoms with E-state index in [1.807, 2.05) is 49.9 Å². The van der Waals surface area contributed by atoms with Crippen molar-refractivity contribution >= 4 is 11.8 Å². The number of fused-ring (bicyclic) bond motifs is 1. The molecule has 4 rings (SSSR count). The van der Waals surface area contributed by atoms with E-state index in [9.17, 15) is 14.0 Å². The molecule has 0 radical (unpaired) electrons. The molecule has 1 fully saturated rings. The lowest BCUT2D eigenvalue weighted by atomic mass is 9.85. The zero-order valence-corrected chi connectivity index (χ0v) is 19.9. The number of rotatable bonds is 6. The van der Waals surface area contributed by atoms with Crippen LogP contribution in [0.1, 0.15) is 63.3 Å². The normalized spacial score (nSPS) is 18.9. The SMILES string of the molecule is C[C@H](Oc1ccc2c(c1)[C@@H](c1cccc(F)c1)N(C(=O)C(C)(C)C)CC2)C(=O)NCC1CC1. The van der Waals surface area contributed by atoms with E-state index < -0.39 is 17.6 Å². The maximum Gasteiger partial charge on any atom is 0.260 e. The van der Waals surface area contributed by atoms with E-state index in [0.29, 0.717) is 31.2 Å². The summed E-state index contributed by atoms with van der Waals surface area (Å²) in [4.78, 5) is 27.6. The molecule has 2 aromatic carbocycles.